The van der Waals surface area contributed by atoms with E-state index in [2.05, 4.69) is 0 Å². The summed E-state index contributed by atoms with van der Waals surface area (Å²) < 4.78 is 5.23. The van der Waals surface area contributed by atoms with Crippen molar-refractivity contribution < 1.29 is 19.6 Å². The first-order valence-corrected chi connectivity index (χ1v) is 5.71. The lowest BCUT2D eigenvalue weighted by Crippen LogP contribution is -2.45. The number of hydrogen-bond donors (Lipinski definition) is 2. The Labute approximate surface area is 114 Å². The smallest absolute Gasteiger partial charge is 0.323 e. The molecule has 0 fully saturated rings. The minimum atomic E-state index is -1.42. The van der Waals surface area contributed by atoms with Crippen molar-refractivity contribution in [3.8, 4) is 5.75 Å². The summed E-state index contributed by atoms with van der Waals surface area (Å²) in [5, 5.41) is 19.6. The van der Waals surface area contributed by atoms with E-state index in [0.717, 1.165) is 0 Å². The van der Waals surface area contributed by atoms with Crippen molar-refractivity contribution >= 4 is 23.3 Å². The lowest BCUT2D eigenvalue weighted by molar-refractivity contribution is -0.384. The van der Waals surface area contributed by atoms with Crippen molar-refractivity contribution in [1.29, 1.82) is 0 Å². The van der Waals surface area contributed by atoms with Crippen LogP contribution in [0.3, 0.4) is 0 Å². The molecule has 0 spiro atoms. The molecule has 1 rings (SSSR count). The molecule has 0 amide bonds. The van der Waals surface area contributed by atoms with Crippen LogP contribution < -0.4 is 10.5 Å². The first-order valence-electron chi connectivity index (χ1n) is 5.33. The van der Waals surface area contributed by atoms with E-state index in [1.165, 1.54) is 25.1 Å². The number of ether oxygens (including phenoxy) is 1. The van der Waals surface area contributed by atoms with Crippen LogP contribution in [0.4, 0.5) is 5.69 Å². The van der Waals surface area contributed by atoms with Crippen LogP contribution in [0.25, 0.3) is 0 Å². The van der Waals surface area contributed by atoms with Crippen LogP contribution in [0.15, 0.2) is 18.2 Å². The number of non-ortho nitro benzene ring substituents is 1. The van der Waals surface area contributed by atoms with Gasteiger partial charge in [0.05, 0.1) is 22.6 Å². The molecular weight excluding hydrogens is 276 g/mol. The third-order valence-electron chi connectivity index (χ3n) is 2.49. The zero-order valence-corrected chi connectivity index (χ0v) is 10.9. The summed E-state index contributed by atoms with van der Waals surface area (Å²) in [4.78, 5) is 20.8. The fourth-order valence-electron chi connectivity index (χ4n) is 1.20. The van der Waals surface area contributed by atoms with Crippen molar-refractivity contribution in [2.75, 3.05) is 6.61 Å². The maximum Gasteiger partial charge on any atom is 0.323 e. The van der Waals surface area contributed by atoms with Crippen LogP contribution in [0.2, 0.25) is 5.02 Å². The van der Waals surface area contributed by atoms with E-state index in [4.69, 9.17) is 27.2 Å². The summed E-state index contributed by atoms with van der Waals surface area (Å²) in [6, 6.07) is 3.77. The van der Waals surface area contributed by atoms with Crippen molar-refractivity contribution in [1.82, 2.24) is 0 Å². The van der Waals surface area contributed by atoms with Crippen LogP contribution >= 0.6 is 11.6 Å². The first kappa shape index (κ1) is 15.2. The van der Waals surface area contributed by atoms with Crippen LogP contribution in [-0.2, 0) is 4.79 Å². The van der Waals surface area contributed by atoms with E-state index in [1.54, 1.807) is 0 Å². The number of nitrogens with two attached hydrogens (primary N) is 1. The Morgan fingerprint density at radius 2 is 2.26 bits per heavy atom. The van der Waals surface area contributed by atoms with Crippen molar-refractivity contribution in [3.63, 3.8) is 0 Å². The topological polar surface area (TPSA) is 116 Å². The molecule has 0 aromatic heterocycles. The number of nitro groups is 1. The van der Waals surface area contributed by atoms with Gasteiger partial charge in [-0.2, -0.15) is 0 Å². The molecule has 1 unspecified atom stereocenters. The van der Waals surface area contributed by atoms with Gasteiger partial charge in [-0.3, -0.25) is 14.9 Å². The number of nitro benzene ring substituents is 1. The molecule has 3 N–H and O–H groups in total. The molecule has 0 aliphatic heterocycles. The number of hydrogen-bond acceptors (Lipinski definition) is 5. The van der Waals surface area contributed by atoms with Gasteiger partial charge in [-0.1, -0.05) is 11.6 Å². The van der Waals surface area contributed by atoms with E-state index < -0.39 is 16.4 Å². The lowest BCUT2D eigenvalue weighted by atomic mass is 10.0. The van der Waals surface area contributed by atoms with Crippen molar-refractivity contribution in [3.05, 3.63) is 33.3 Å². The SMILES string of the molecule is CC(N)(CCOc1cc([N+](=O)[O-])ccc1Cl)C(=O)O. The Morgan fingerprint density at radius 3 is 2.79 bits per heavy atom. The van der Waals surface area contributed by atoms with Crippen molar-refractivity contribution in [2.45, 2.75) is 18.9 Å². The van der Waals surface area contributed by atoms with Gasteiger partial charge in [0.25, 0.3) is 5.69 Å². The van der Waals surface area contributed by atoms with Gasteiger partial charge >= 0.3 is 5.97 Å². The normalized spacial score (nSPS) is 13.6. The molecule has 7 nitrogen and oxygen atoms in total. The predicted octanol–water partition coefficient (Wildman–Crippen LogP) is 1.82. The van der Waals surface area contributed by atoms with Gasteiger partial charge in [0.2, 0.25) is 0 Å². The fraction of sp³-hybridized carbons (Fsp3) is 0.364. The molecule has 104 valence electrons. The molecule has 8 heteroatoms. The van der Waals surface area contributed by atoms with Crippen LogP contribution in [0.5, 0.6) is 5.75 Å². The number of carboxylic acids is 1. The Bertz CT molecular complexity index is 504. The molecular formula is C11H13ClN2O5. The Balaban J connectivity index is 2.70. The molecule has 0 aliphatic rings. The van der Waals surface area contributed by atoms with Gasteiger partial charge in [-0.15, -0.1) is 0 Å². The van der Waals surface area contributed by atoms with Gasteiger partial charge < -0.3 is 15.6 Å². The molecule has 0 aliphatic carbocycles. The number of carbonyl (C=O) groups is 1. The zero-order chi connectivity index (χ0) is 14.6. The summed E-state index contributed by atoms with van der Waals surface area (Å²) in [6.07, 6.45) is 0.0430. The number of halogens is 1. The first-order chi connectivity index (χ1) is 8.74. The zero-order valence-electron chi connectivity index (χ0n) is 10.1. The minimum Gasteiger partial charge on any atom is -0.492 e. The lowest BCUT2D eigenvalue weighted by Gasteiger charge is -2.19. The molecule has 1 aromatic rings. The summed E-state index contributed by atoms with van der Waals surface area (Å²) in [7, 11) is 0. The summed E-state index contributed by atoms with van der Waals surface area (Å²) in [5.74, 6) is -1.03. The Hall–Kier alpha value is -1.86. The van der Waals surface area contributed by atoms with E-state index in [9.17, 15) is 14.9 Å². The molecule has 0 bridgehead atoms. The maximum absolute atomic E-state index is 10.8. The average Bonchev–Trinajstić information content (AvgIpc) is 2.30. The largest absolute Gasteiger partial charge is 0.492 e. The Morgan fingerprint density at radius 1 is 1.63 bits per heavy atom. The maximum atomic E-state index is 10.8. The minimum absolute atomic E-state index is 0.0137. The third kappa shape index (κ3) is 4.08. The Kier molecular flexibility index (Phi) is 4.68. The molecule has 0 radical (unpaired) electrons. The quantitative estimate of drug-likeness (QED) is 0.609. The molecule has 1 aromatic carbocycles. The summed E-state index contributed by atoms with van der Waals surface area (Å²) in [5.41, 5.74) is 3.94. The fourth-order valence-corrected chi connectivity index (χ4v) is 1.37. The number of nitrogens with zero attached hydrogens (tertiary/aromatic N) is 1. The number of benzene rings is 1. The van der Waals surface area contributed by atoms with E-state index in [-0.39, 0.29) is 29.5 Å². The van der Waals surface area contributed by atoms with Crippen LogP contribution in [0.1, 0.15) is 13.3 Å². The van der Waals surface area contributed by atoms with Gasteiger partial charge in [0.1, 0.15) is 11.3 Å². The van der Waals surface area contributed by atoms with E-state index >= 15 is 0 Å². The van der Waals surface area contributed by atoms with Crippen molar-refractivity contribution in [2.24, 2.45) is 5.73 Å². The third-order valence-corrected chi connectivity index (χ3v) is 2.81. The summed E-state index contributed by atoms with van der Waals surface area (Å²) >= 11 is 5.82. The van der Waals surface area contributed by atoms with Gasteiger partial charge in [-0.05, 0) is 13.0 Å². The van der Waals surface area contributed by atoms with Crippen LogP contribution in [0, 0.1) is 10.1 Å². The van der Waals surface area contributed by atoms with Gasteiger partial charge in [-0.25, -0.2) is 0 Å². The highest BCUT2D eigenvalue weighted by Gasteiger charge is 2.27. The number of rotatable bonds is 6. The average molecular weight is 289 g/mol. The van der Waals surface area contributed by atoms with E-state index in [1.807, 2.05) is 0 Å². The molecule has 0 heterocycles. The monoisotopic (exact) mass is 288 g/mol. The van der Waals surface area contributed by atoms with E-state index in [0.29, 0.717) is 0 Å². The number of aliphatic carboxylic acids is 1. The second kappa shape index (κ2) is 5.85. The van der Waals surface area contributed by atoms with Gasteiger partial charge in [0, 0.05) is 12.5 Å². The molecule has 0 saturated heterocycles. The highest BCUT2D eigenvalue weighted by molar-refractivity contribution is 6.32. The standard InChI is InChI=1S/C11H13ClN2O5/c1-11(13,10(15)16)4-5-19-9-6-7(14(17)18)2-3-8(9)12/h2-3,6H,4-5,13H2,1H3,(H,15,16). The molecule has 0 saturated carbocycles. The second-order valence-corrected chi connectivity index (χ2v) is 4.60. The summed E-state index contributed by atoms with van der Waals surface area (Å²) in [6.45, 7) is 1.34. The predicted molar refractivity (Wildman–Crippen MR) is 68.4 cm³/mol. The number of carboxylic acid groups (broad SMARTS) is 1. The van der Waals surface area contributed by atoms with Crippen LogP contribution in [-0.4, -0.2) is 28.1 Å². The molecule has 1 atom stereocenters. The highest BCUT2D eigenvalue weighted by Crippen LogP contribution is 2.29. The molecule has 19 heavy (non-hydrogen) atoms. The van der Waals surface area contributed by atoms with Gasteiger partial charge in [0.15, 0.2) is 0 Å². The second-order valence-electron chi connectivity index (χ2n) is 4.19. The highest BCUT2D eigenvalue weighted by atomic mass is 35.5.